The van der Waals surface area contributed by atoms with Gasteiger partial charge in [0.1, 0.15) is 24.0 Å². The number of fused-ring (bicyclic) bond motifs is 1. The van der Waals surface area contributed by atoms with E-state index in [0.29, 0.717) is 0 Å². The Kier molecular flexibility index (Phi) is 4.87. The number of ether oxygens (including phenoxy) is 2. The molecule has 0 fully saturated rings. The summed E-state index contributed by atoms with van der Waals surface area (Å²) in [6.45, 7) is 4.64. The van der Waals surface area contributed by atoms with Gasteiger partial charge in [-0.2, -0.15) is 13.2 Å². The van der Waals surface area contributed by atoms with E-state index in [9.17, 15) is 22.8 Å². The number of amides is 2. The number of para-hydroxylation sites is 1. The molecule has 2 amide bonds. The molecule has 1 aliphatic rings. The molecule has 138 valence electrons. The SMILES string of the molecule is CN1C(=O)[C@@H](NC(=O)OC(C)(C)C)COc2cccc(C(F)(F)F)c21. The first-order valence-electron chi connectivity index (χ1n) is 7.50. The first-order chi connectivity index (χ1) is 11.4. The van der Waals surface area contributed by atoms with E-state index in [2.05, 4.69) is 5.32 Å². The van der Waals surface area contributed by atoms with Gasteiger partial charge >= 0.3 is 12.3 Å². The highest BCUT2D eigenvalue weighted by molar-refractivity contribution is 6.01. The average molecular weight is 360 g/mol. The van der Waals surface area contributed by atoms with Crippen LogP contribution in [-0.4, -0.2) is 37.3 Å². The van der Waals surface area contributed by atoms with Gasteiger partial charge in [-0.3, -0.25) is 4.79 Å². The summed E-state index contributed by atoms with van der Waals surface area (Å²) in [5.74, 6) is -0.819. The van der Waals surface area contributed by atoms with Gasteiger partial charge in [0.05, 0.1) is 11.3 Å². The number of carbonyl (C=O) groups is 2. The number of hydrogen-bond acceptors (Lipinski definition) is 4. The van der Waals surface area contributed by atoms with Crippen molar-refractivity contribution in [3.63, 3.8) is 0 Å². The summed E-state index contributed by atoms with van der Waals surface area (Å²) in [7, 11) is 1.20. The van der Waals surface area contributed by atoms with E-state index in [-0.39, 0.29) is 18.0 Å². The zero-order valence-corrected chi connectivity index (χ0v) is 14.2. The largest absolute Gasteiger partial charge is 0.489 e. The van der Waals surface area contributed by atoms with Crippen molar-refractivity contribution in [1.82, 2.24) is 5.32 Å². The molecule has 1 aromatic carbocycles. The van der Waals surface area contributed by atoms with Crippen molar-refractivity contribution in [2.45, 2.75) is 38.6 Å². The molecule has 0 unspecified atom stereocenters. The lowest BCUT2D eigenvalue weighted by atomic mass is 10.1. The number of anilines is 1. The first kappa shape index (κ1) is 18.9. The third-order valence-electron chi connectivity index (χ3n) is 3.36. The molecule has 0 bridgehead atoms. The van der Waals surface area contributed by atoms with Crippen molar-refractivity contribution in [3.05, 3.63) is 23.8 Å². The van der Waals surface area contributed by atoms with E-state index in [1.807, 2.05) is 0 Å². The highest BCUT2D eigenvalue weighted by atomic mass is 19.4. The van der Waals surface area contributed by atoms with E-state index < -0.39 is 35.4 Å². The van der Waals surface area contributed by atoms with Gasteiger partial charge in [0, 0.05) is 7.05 Å². The van der Waals surface area contributed by atoms with Crippen LogP contribution in [0.4, 0.5) is 23.7 Å². The number of alkyl halides is 3. The Morgan fingerprint density at radius 1 is 1.32 bits per heavy atom. The number of likely N-dealkylation sites (N-methyl/N-ethyl adjacent to an activating group) is 1. The second-order valence-corrected chi connectivity index (χ2v) is 6.56. The Morgan fingerprint density at radius 2 is 1.96 bits per heavy atom. The fourth-order valence-corrected chi connectivity index (χ4v) is 2.36. The highest BCUT2D eigenvalue weighted by Gasteiger charge is 2.40. The van der Waals surface area contributed by atoms with Crippen LogP contribution in [0.5, 0.6) is 5.75 Å². The molecule has 0 saturated carbocycles. The van der Waals surface area contributed by atoms with Crippen LogP contribution in [0.3, 0.4) is 0 Å². The van der Waals surface area contributed by atoms with E-state index >= 15 is 0 Å². The zero-order valence-electron chi connectivity index (χ0n) is 14.2. The van der Waals surface area contributed by atoms with Crippen LogP contribution < -0.4 is 15.0 Å². The van der Waals surface area contributed by atoms with Gasteiger partial charge in [0.15, 0.2) is 0 Å². The first-order valence-corrected chi connectivity index (χ1v) is 7.50. The molecule has 1 heterocycles. The lowest BCUT2D eigenvalue weighted by molar-refractivity contribution is -0.137. The molecule has 25 heavy (non-hydrogen) atoms. The predicted octanol–water partition coefficient (Wildman–Crippen LogP) is 2.95. The third-order valence-corrected chi connectivity index (χ3v) is 3.36. The number of alkyl carbamates (subject to hydrolysis) is 1. The Labute approximate surface area is 142 Å². The Hall–Kier alpha value is -2.45. The Morgan fingerprint density at radius 3 is 2.52 bits per heavy atom. The third kappa shape index (κ3) is 4.34. The maximum Gasteiger partial charge on any atom is 0.418 e. The van der Waals surface area contributed by atoms with Crippen molar-refractivity contribution < 1.29 is 32.2 Å². The van der Waals surface area contributed by atoms with Gasteiger partial charge in [-0.15, -0.1) is 0 Å². The molecule has 1 N–H and O–H groups in total. The summed E-state index contributed by atoms with van der Waals surface area (Å²) in [6.07, 6.45) is -5.51. The Balaban J connectivity index is 2.29. The van der Waals surface area contributed by atoms with Gasteiger partial charge in [0.25, 0.3) is 5.91 Å². The topological polar surface area (TPSA) is 67.9 Å². The van der Waals surface area contributed by atoms with Crippen LogP contribution in [0.25, 0.3) is 0 Å². The highest BCUT2D eigenvalue weighted by Crippen LogP contribution is 2.42. The normalized spacial score (nSPS) is 18.1. The minimum atomic E-state index is -4.65. The van der Waals surface area contributed by atoms with Gasteiger partial charge in [-0.25, -0.2) is 4.79 Å². The molecule has 6 nitrogen and oxygen atoms in total. The van der Waals surface area contributed by atoms with Crippen molar-refractivity contribution >= 4 is 17.7 Å². The molecule has 9 heteroatoms. The zero-order chi connectivity index (χ0) is 19.0. The van der Waals surface area contributed by atoms with Crippen molar-refractivity contribution in [2.75, 3.05) is 18.6 Å². The summed E-state index contributed by atoms with van der Waals surface area (Å²) < 4.78 is 50.1. The minimum absolute atomic E-state index is 0.0841. The summed E-state index contributed by atoms with van der Waals surface area (Å²) in [5, 5.41) is 2.33. The Bertz CT molecular complexity index is 683. The molecule has 1 aromatic rings. The molecule has 1 aliphatic heterocycles. The van der Waals surface area contributed by atoms with E-state index in [1.54, 1.807) is 20.8 Å². The fourth-order valence-electron chi connectivity index (χ4n) is 2.36. The maximum absolute atomic E-state index is 13.2. The van der Waals surface area contributed by atoms with Crippen LogP contribution >= 0.6 is 0 Å². The number of nitrogens with one attached hydrogen (secondary N) is 1. The monoisotopic (exact) mass is 360 g/mol. The fraction of sp³-hybridized carbons (Fsp3) is 0.500. The molecule has 0 aliphatic carbocycles. The van der Waals surface area contributed by atoms with Gasteiger partial charge in [0.2, 0.25) is 0 Å². The van der Waals surface area contributed by atoms with Crippen LogP contribution in [0.1, 0.15) is 26.3 Å². The number of benzene rings is 1. The second kappa shape index (κ2) is 6.45. The molecule has 0 saturated heterocycles. The molecular formula is C16H19F3N2O4. The standard InChI is InChI=1S/C16H19F3N2O4/c1-15(2,3)25-14(23)20-10-8-24-11-7-5-6-9(16(17,18)19)12(11)21(4)13(10)22/h5-7,10H,8H2,1-4H3,(H,20,23)/t10-/m0/s1. The van der Waals surface area contributed by atoms with Gasteiger partial charge in [-0.05, 0) is 32.9 Å². The molecule has 2 rings (SSSR count). The average Bonchev–Trinajstić information content (AvgIpc) is 2.56. The van der Waals surface area contributed by atoms with Crippen molar-refractivity contribution in [2.24, 2.45) is 0 Å². The number of carbonyl (C=O) groups excluding carboxylic acids is 2. The number of hydrogen-bond donors (Lipinski definition) is 1. The van der Waals surface area contributed by atoms with E-state index in [4.69, 9.17) is 9.47 Å². The molecule has 0 aromatic heterocycles. The molecule has 1 atom stereocenters. The number of halogens is 3. The minimum Gasteiger partial charge on any atom is -0.489 e. The van der Waals surface area contributed by atoms with Crippen LogP contribution in [-0.2, 0) is 15.7 Å². The number of nitrogens with zero attached hydrogens (tertiary/aromatic N) is 1. The summed E-state index contributed by atoms with van der Waals surface area (Å²) in [6, 6.07) is 2.23. The van der Waals surface area contributed by atoms with Crippen molar-refractivity contribution in [1.29, 1.82) is 0 Å². The summed E-state index contributed by atoms with van der Waals surface area (Å²) >= 11 is 0. The van der Waals surface area contributed by atoms with E-state index in [0.717, 1.165) is 11.0 Å². The van der Waals surface area contributed by atoms with Crippen LogP contribution in [0, 0.1) is 0 Å². The molecular weight excluding hydrogens is 341 g/mol. The lowest BCUT2D eigenvalue weighted by Crippen LogP contribution is -2.50. The molecule has 0 spiro atoms. The predicted molar refractivity (Wildman–Crippen MR) is 83.5 cm³/mol. The van der Waals surface area contributed by atoms with Crippen LogP contribution in [0.2, 0.25) is 0 Å². The maximum atomic E-state index is 13.2. The quantitative estimate of drug-likeness (QED) is 0.836. The van der Waals surface area contributed by atoms with Gasteiger partial charge in [-0.1, -0.05) is 6.07 Å². The summed E-state index contributed by atoms with van der Waals surface area (Å²) in [5.41, 5.74) is -2.15. The smallest absolute Gasteiger partial charge is 0.418 e. The van der Waals surface area contributed by atoms with Crippen molar-refractivity contribution in [3.8, 4) is 5.75 Å². The molecule has 0 radical (unpaired) electrons. The number of rotatable bonds is 1. The summed E-state index contributed by atoms with van der Waals surface area (Å²) in [4.78, 5) is 25.2. The lowest BCUT2D eigenvalue weighted by Gasteiger charge is -2.24. The second-order valence-electron chi connectivity index (χ2n) is 6.56. The van der Waals surface area contributed by atoms with E-state index in [1.165, 1.54) is 19.2 Å². The van der Waals surface area contributed by atoms with Gasteiger partial charge < -0.3 is 19.7 Å². The van der Waals surface area contributed by atoms with Crippen LogP contribution in [0.15, 0.2) is 18.2 Å².